The molecule has 1 saturated heterocycles. The fraction of sp³-hybridized carbons (Fsp3) is 0.480. The van der Waals surface area contributed by atoms with Gasteiger partial charge in [-0.1, -0.05) is 41.4 Å². The SMILES string of the molecule is C[N+]1(C)CC[C@@]2(c3cccc(O)c3)C[C@@H](NC(=O)Cc3ccc(Cl)c(Cl)c3)CC[C@@H]2C1. The average molecular weight is 462 g/mol. The van der Waals surface area contributed by atoms with E-state index in [-0.39, 0.29) is 17.4 Å². The Morgan fingerprint density at radius 2 is 1.97 bits per heavy atom. The van der Waals surface area contributed by atoms with Crippen LogP contribution in [0.2, 0.25) is 10.0 Å². The van der Waals surface area contributed by atoms with Crippen LogP contribution >= 0.6 is 23.2 Å². The number of hydrogen-bond acceptors (Lipinski definition) is 2. The number of halogens is 2. The molecule has 1 aliphatic heterocycles. The molecule has 1 amide bonds. The number of nitrogens with one attached hydrogen (secondary N) is 1. The summed E-state index contributed by atoms with van der Waals surface area (Å²) in [5.74, 6) is 0.872. The molecular weight excluding hydrogens is 431 g/mol. The van der Waals surface area contributed by atoms with Gasteiger partial charge in [-0.25, -0.2) is 0 Å². The molecule has 6 heteroatoms. The van der Waals surface area contributed by atoms with Gasteiger partial charge in [0.25, 0.3) is 0 Å². The highest BCUT2D eigenvalue weighted by atomic mass is 35.5. The molecular formula is C25H31Cl2N2O2+. The first kappa shape index (κ1) is 22.4. The maximum absolute atomic E-state index is 12.8. The highest BCUT2D eigenvalue weighted by Crippen LogP contribution is 2.50. The minimum atomic E-state index is -0.00765. The Morgan fingerprint density at radius 1 is 1.16 bits per heavy atom. The van der Waals surface area contributed by atoms with E-state index in [4.69, 9.17) is 23.2 Å². The highest BCUT2D eigenvalue weighted by Gasteiger charge is 2.51. The summed E-state index contributed by atoms with van der Waals surface area (Å²) in [6.07, 6.45) is 4.33. The molecule has 2 aromatic rings. The molecule has 1 heterocycles. The average Bonchev–Trinajstić information content (AvgIpc) is 2.70. The number of piperidine rings is 1. The number of amides is 1. The minimum absolute atomic E-state index is 0.00765. The zero-order chi connectivity index (χ0) is 22.2. The van der Waals surface area contributed by atoms with Crippen LogP contribution in [0.1, 0.15) is 36.8 Å². The summed E-state index contributed by atoms with van der Waals surface area (Å²) < 4.78 is 1.03. The van der Waals surface area contributed by atoms with Gasteiger partial charge in [0.15, 0.2) is 0 Å². The van der Waals surface area contributed by atoms with Crippen molar-refractivity contribution in [1.82, 2.24) is 5.32 Å². The van der Waals surface area contributed by atoms with E-state index < -0.39 is 0 Å². The van der Waals surface area contributed by atoms with Crippen LogP contribution in [0.5, 0.6) is 5.75 Å². The van der Waals surface area contributed by atoms with E-state index in [0.717, 1.165) is 48.8 Å². The topological polar surface area (TPSA) is 49.3 Å². The summed E-state index contributed by atoms with van der Waals surface area (Å²) in [6, 6.07) is 13.2. The third-order valence-corrected chi connectivity index (χ3v) is 8.01. The monoisotopic (exact) mass is 461 g/mol. The largest absolute Gasteiger partial charge is 0.508 e. The van der Waals surface area contributed by atoms with Crippen molar-refractivity contribution in [3.63, 3.8) is 0 Å². The normalized spacial score (nSPS) is 27.4. The maximum Gasteiger partial charge on any atom is 0.224 e. The number of phenolic OH excluding ortho intramolecular Hbond substituents is 1. The first-order valence-electron chi connectivity index (χ1n) is 11.0. The van der Waals surface area contributed by atoms with Crippen molar-refractivity contribution >= 4 is 29.1 Å². The van der Waals surface area contributed by atoms with Crippen molar-refractivity contribution in [1.29, 1.82) is 0 Å². The van der Waals surface area contributed by atoms with Crippen LogP contribution in [0, 0.1) is 5.92 Å². The molecule has 2 fully saturated rings. The lowest BCUT2D eigenvalue weighted by Crippen LogP contribution is -2.60. The lowest BCUT2D eigenvalue weighted by atomic mass is 9.57. The molecule has 0 spiro atoms. The van der Waals surface area contributed by atoms with E-state index in [2.05, 4.69) is 25.5 Å². The molecule has 0 radical (unpaired) electrons. The second-order valence-electron chi connectivity index (χ2n) is 9.97. The number of benzene rings is 2. The number of quaternary nitrogens is 1. The van der Waals surface area contributed by atoms with Crippen molar-refractivity contribution in [3.05, 3.63) is 63.6 Å². The molecule has 3 atom stereocenters. The predicted octanol–water partition coefficient (Wildman–Crippen LogP) is 4.94. The molecule has 4 rings (SSSR count). The fourth-order valence-corrected chi connectivity index (χ4v) is 6.02. The van der Waals surface area contributed by atoms with Crippen LogP contribution < -0.4 is 5.32 Å². The van der Waals surface area contributed by atoms with Gasteiger partial charge in [-0.15, -0.1) is 0 Å². The molecule has 4 nitrogen and oxygen atoms in total. The molecule has 2 aliphatic rings. The molecule has 0 unspecified atom stereocenters. The second kappa shape index (κ2) is 8.65. The van der Waals surface area contributed by atoms with Crippen LogP contribution in [0.15, 0.2) is 42.5 Å². The van der Waals surface area contributed by atoms with Crippen LogP contribution in [-0.2, 0) is 16.6 Å². The molecule has 2 N–H and O–H groups in total. The van der Waals surface area contributed by atoms with Gasteiger partial charge in [0.2, 0.25) is 5.91 Å². The lowest BCUT2D eigenvalue weighted by Gasteiger charge is -2.54. The number of rotatable bonds is 4. The quantitative estimate of drug-likeness (QED) is 0.633. The van der Waals surface area contributed by atoms with Crippen LogP contribution in [-0.4, -0.2) is 48.7 Å². The van der Waals surface area contributed by atoms with Crippen molar-refractivity contribution in [2.45, 2.75) is 43.6 Å². The zero-order valence-corrected chi connectivity index (χ0v) is 19.7. The molecule has 0 aromatic heterocycles. The van der Waals surface area contributed by atoms with Gasteiger partial charge in [0.1, 0.15) is 5.75 Å². The lowest BCUT2D eigenvalue weighted by molar-refractivity contribution is -0.901. The first-order valence-corrected chi connectivity index (χ1v) is 11.8. The number of phenols is 1. The number of nitrogens with zero attached hydrogens (tertiary/aromatic N) is 1. The summed E-state index contributed by atoms with van der Waals surface area (Å²) >= 11 is 12.1. The molecule has 166 valence electrons. The van der Waals surface area contributed by atoms with E-state index >= 15 is 0 Å². The van der Waals surface area contributed by atoms with Gasteiger partial charge in [0, 0.05) is 23.8 Å². The number of carbonyl (C=O) groups excluding carboxylic acids is 1. The zero-order valence-electron chi connectivity index (χ0n) is 18.2. The van der Waals surface area contributed by atoms with Crippen LogP contribution in [0.25, 0.3) is 0 Å². The number of carbonyl (C=O) groups is 1. The van der Waals surface area contributed by atoms with E-state index in [1.54, 1.807) is 18.2 Å². The van der Waals surface area contributed by atoms with Crippen LogP contribution in [0.3, 0.4) is 0 Å². The number of likely N-dealkylation sites (tertiary alicyclic amines) is 1. The Labute approximate surface area is 194 Å². The Morgan fingerprint density at radius 3 is 2.71 bits per heavy atom. The maximum atomic E-state index is 12.8. The Kier molecular flexibility index (Phi) is 6.26. The minimum Gasteiger partial charge on any atom is -0.508 e. The number of aromatic hydroxyl groups is 1. The van der Waals surface area contributed by atoms with Gasteiger partial charge in [-0.2, -0.15) is 0 Å². The number of hydrogen-bond donors (Lipinski definition) is 2. The smallest absolute Gasteiger partial charge is 0.224 e. The highest BCUT2D eigenvalue weighted by molar-refractivity contribution is 6.42. The van der Waals surface area contributed by atoms with Gasteiger partial charge in [-0.05, 0) is 54.7 Å². The van der Waals surface area contributed by atoms with Crippen molar-refractivity contribution < 1.29 is 14.4 Å². The molecule has 31 heavy (non-hydrogen) atoms. The summed E-state index contributed by atoms with van der Waals surface area (Å²) in [5.41, 5.74) is 2.06. The summed E-state index contributed by atoms with van der Waals surface area (Å²) in [7, 11) is 4.61. The van der Waals surface area contributed by atoms with Crippen molar-refractivity contribution in [2.75, 3.05) is 27.2 Å². The molecule has 1 aliphatic carbocycles. The Bertz CT molecular complexity index is 978. The molecule has 2 aromatic carbocycles. The van der Waals surface area contributed by atoms with E-state index in [0.29, 0.717) is 28.1 Å². The van der Waals surface area contributed by atoms with Crippen molar-refractivity contribution in [2.24, 2.45) is 5.92 Å². The molecule has 0 bridgehead atoms. The fourth-order valence-electron chi connectivity index (χ4n) is 5.70. The van der Waals surface area contributed by atoms with E-state index in [1.807, 2.05) is 18.2 Å². The van der Waals surface area contributed by atoms with Gasteiger partial charge in [-0.3, -0.25) is 4.79 Å². The standard InChI is InChI=1S/C25H30Cl2N2O2/c1-29(2)11-10-25(18-4-3-5-21(30)14-18)15-20(8-7-19(25)16-29)28-24(31)13-17-6-9-22(26)23(27)12-17/h3-6,9,12,14,19-20H,7-8,10-11,13,15-16H2,1-2H3,(H-,28,30,31)/p+1/t19-,20+,25+/m1/s1. The summed E-state index contributed by atoms with van der Waals surface area (Å²) in [6.45, 7) is 2.22. The van der Waals surface area contributed by atoms with Crippen molar-refractivity contribution in [3.8, 4) is 5.75 Å². The first-order chi connectivity index (χ1) is 14.7. The van der Waals surface area contributed by atoms with Gasteiger partial charge in [0.05, 0.1) is 43.7 Å². The summed E-state index contributed by atoms with van der Waals surface area (Å²) in [5, 5.41) is 14.4. The number of fused-ring (bicyclic) bond motifs is 1. The second-order valence-corrected chi connectivity index (χ2v) is 10.8. The summed E-state index contributed by atoms with van der Waals surface area (Å²) in [4.78, 5) is 12.8. The third kappa shape index (κ3) is 4.87. The van der Waals surface area contributed by atoms with E-state index in [1.165, 1.54) is 5.56 Å². The van der Waals surface area contributed by atoms with Gasteiger partial charge < -0.3 is 14.9 Å². The van der Waals surface area contributed by atoms with Gasteiger partial charge >= 0.3 is 0 Å². The Hall–Kier alpha value is -1.75. The molecule has 1 saturated carbocycles. The Balaban J connectivity index is 1.52. The predicted molar refractivity (Wildman–Crippen MR) is 126 cm³/mol. The third-order valence-electron chi connectivity index (χ3n) is 7.27. The van der Waals surface area contributed by atoms with Crippen LogP contribution in [0.4, 0.5) is 0 Å². The van der Waals surface area contributed by atoms with E-state index in [9.17, 15) is 9.90 Å².